The first-order valence-electron chi connectivity index (χ1n) is 7.02. The van der Waals surface area contributed by atoms with E-state index in [1.165, 1.54) is 32.5 Å². The number of hydrogen-bond donors (Lipinski definition) is 1. The maximum Gasteiger partial charge on any atom is 0.0198 e. The summed E-state index contributed by atoms with van der Waals surface area (Å²) in [5, 5.41) is 3.66. The van der Waals surface area contributed by atoms with Gasteiger partial charge in [0.05, 0.1) is 0 Å². The van der Waals surface area contributed by atoms with Crippen molar-refractivity contribution in [2.45, 2.75) is 59.5 Å². The van der Waals surface area contributed by atoms with Gasteiger partial charge in [-0.3, -0.25) is 4.90 Å². The molecular formula is C14H30N2. The smallest absolute Gasteiger partial charge is 0.0198 e. The average Bonchev–Trinajstić information content (AvgIpc) is 2.17. The molecule has 0 amide bonds. The lowest BCUT2D eigenvalue weighted by Crippen LogP contribution is -2.55. The van der Waals surface area contributed by atoms with Crippen molar-refractivity contribution in [3.8, 4) is 0 Å². The van der Waals surface area contributed by atoms with Crippen LogP contribution in [0, 0.1) is 11.8 Å². The van der Waals surface area contributed by atoms with Crippen LogP contribution < -0.4 is 5.32 Å². The lowest BCUT2D eigenvalue weighted by Gasteiger charge is -2.41. The standard InChI is InChI=1S/C14H30N2/c1-6-14(12(4)5)16-8-7-15-13(10-16)9-11(2)3/h11-15H,6-10H2,1-5H3. The Morgan fingerprint density at radius 3 is 2.44 bits per heavy atom. The molecule has 16 heavy (non-hydrogen) atoms. The molecular weight excluding hydrogens is 196 g/mol. The molecule has 1 N–H and O–H groups in total. The Kier molecular flexibility index (Phi) is 5.77. The second-order valence-corrected chi connectivity index (χ2v) is 6.00. The van der Waals surface area contributed by atoms with Crippen molar-refractivity contribution in [1.29, 1.82) is 0 Å². The first-order valence-corrected chi connectivity index (χ1v) is 7.02. The summed E-state index contributed by atoms with van der Waals surface area (Å²) in [5.41, 5.74) is 0. The van der Waals surface area contributed by atoms with Gasteiger partial charge in [0.2, 0.25) is 0 Å². The normalized spacial score (nSPS) is 25.3. The second-order valence-electron chi connectivity index (χ2n) is 6.00. The van der Waals surface area contributed by atoms with Crippen LogP contribution in [0.3, 0.4) is 0 Å². The number of hydrogen-bond acceptors (Lipinski definition) is 2. The minimum Gasteiger partial charge on any atom is -0.311 e. The number of rotatable bonds is 5. The van der Waals surface area contributed by atoms with E-state index in [1.807, 2.05) is 0 Å². The number of piperazine rings is 1. The maximum absolute atomic E-state index is 3.66. The molecule has 2 unspecified atom stereocenters. The maximum atomic E-state index is 3.66. The highest BCUT2D eigenvalue weighted by molar-refractivity contribution is 4.84. The topological polar surface area (TPSA) is 15.3 Å². The molecule has 0 spiro atoms. The van der Waals surface area contributed by atoms with Gasteiger partial charge in [0, 0.05) is 31.7 Å². The lowest BCUT2D eigenvalue weighted by atomic mass is 9.96. The monoisotopic (exact) mass is 226 g/mol. The molecule has 2 heteroatoms. The van der Waals surface area contributed by atoms with Crippen molar-refractivity contribution in [2.24, 2.45) is 11.8 Å². The van der Waals surface area contributed by atoms with Crippen LogP contribution in [0.15, 0.2) is 0 Å². The van der Waals surface area contributed by atoms with E-state index in [1.54, 1.807) is 0 Å². The molecule has 0 aromatic carbocycles. The van der Waals surface area contributed by atoms with Crippen LogP contribution in [0.25, 0.3) is 0 Å². The van der Waals surface area contributed by atoms with Gasteiger partial charge < -0.3 is 5.32 Å². The van der Waals surface area contributed by atoms with Gasteiger partial charge in [0.1, 0.15) is 0 Å². The summed E-state index contributed by atoms with van der Waals surface area (Å²) < 4.78 is 0. The predicted octanol–water partition coefficient (Wildman–Crippen LogP) is 2.74. The zero-order valence-electron chi connectivity index (χ0n) is 11.8. The van der Waals surface area contributed by atoms with Crippen molar-refractivity contribution >= 4 is 0 Å². The molecule has 1 aliphatic heterocycles. The van der Waals surface area contributed by atoms with E-state index in [2.05, 4.69) is 44.8 Å². The molecule has 1 heterocycles. The van der Waals surface area contributed by atoms with Gasteiger partial charge in [0.25, 0.3) is 0 Å². The quantitative estimate of drug-likeness (QED) is 0.775. The Bertz CT molecular complexity index is 189. The fraction of sp³-hybridized carbons (Fsp3) is 1.00. The zero-order chi connectivity index (χ0) is 12.1. The van der Waals surface area contributed by atoms with Gasteiger partial charge in [-0.15, -0.1) is 0 Å². The fourth-order valence-corrected chi connectivity index (χ4v) is 3.03. The minimum atomic E-state index is 0.710. The molecule has 0 bridgehead atoms. The predicted molar refractivity (Wildman–Crippen MR) is 71.7 cm³/mol. The number of nitrogens with one attached hydrogen (secondary N) is 1. The first kappa shape index (κ1) is 14.0. The molecule has 1 rings (SSSR count). The van der Waals surface area contributed by atoms with Crippen LogP contribution in [-0.4, -0.2) is 36.6 Å². The van der Waals surface area contributed by atoms with Crippen molar-refractivity contribution in [3.63, 3.8) is 0 Å². The highest BCUT2D eigenvalue weighted by atomic mass is 15.2. The van der Waals surface area contributed by atoms with Crippen molar-refractivity contribution < 1.29 is 0 Å². The van der Waals surface area contributed by atoms with Gasteiger partial charge in [-0.2, -0.15) is 0 Å². The van der Waals surface area contributed by atoms with E-state index < -0.39 is 0 Å². The summed E-state index contributed by atoms with van der Waals surface area (Å²) in [6.07, 6.45) is 2.59. The van der Waals surface area contributed by atoms with Crippen LogP contribution in [0.1, 0.15) is 47.5 Å². The van der Waals surface area contributed by atoms with Crippen LogP contribution in [0.5, 0.6) is 0 Å². The molecule has 2 atom stereocenters. The summed E-state index contributed by atoms with van der Waals surface area (Å²) in [5.74, 6) is 1.58. The van der Waals surface area contributed by atoms with E-state index in [9.17, 15) is 0 Å². The van der Waals surface area contributed by atoms with Crippen LogP contribution in [0.4, 0.5) is 0 Å². The largest absolute Gasteiger partial charge is 0.311 e. The first-order chi connectivity index (χ1) is 7.54. The Morgan fingerprint density at radius 1 is 1.25 bits per heavy atom. The van der Waals surface area contributed by atoms with Crippen molar-refractivity contribution in [2.75, 3.05) is 19.6 Å². The van der Waals surface area contributed by atoms with E-state index in [0.29, 0.717) is 6.04 Å². The summed E-state index contributed by atoms with van der Waals surface area (Å²) in [6.45, 7) is 15.3. The summed E-state index contributed by atoms with van der Waals surface area (Å²) >= 11 is 0. The highest BCUT2D eigenvalue weighted by Gasteiger charge is 2.26. The molecule has 0 saturated carbocycles. The molecule has 1 aliphatic rings. The molecule has 0 aliphatic carbocycles. The third kappa shape index (κ3) is 4.06. The summed E-state index contributed by atoms with van der Waals surface area (Å²) in [4.78, 5) is 2.70. The summed E-state index contributed by atoms with van der Waals surface area (Å²) in [6, 6.07) is 1.48. The molecule has 1 saturated heterocycles. The Balaban J connectivity index is 2.48. The van der Waals surface area contributed by atoms with Crippen LogP contribution in [0.2, 0.25) is 0 Å². The Hall–Kier alpha value is -0.0800. The van der Waals surface area contributed by atoms with E-state index in [4.69, 9.17) is 0 Å². The third-order valence-electron chi connectivity index (χ3n) is 3.70. The SMILES string of the molecule is CCC(C(C)C)N1CCNC(CC(C)C)C1. The molecule has 0 aromatic rings. The van der Waals surface area contributed by atoms with Crippen LogP contribution in [-0.2, 0) is 0 Å². The third-order valence-corrected chi connectivity index (χ3v) is 3.70. The summed E-state index contributed by atoms with van der Waals surface area (Å²) in [7, 11) is 0. The van der Waals surface area contributed by atoms with Gasteiger partial charge in [-0.1, -0.05) is 34.6 Å². The second kappa shape index (κ2) is 6.61. The van der Waals surface area contributed by atoms with Gasteiger partial charge in [-0.25, -0.2) is 0 Å². The van der Waals surface area contributed by atoms with E-state index in [-0.39, 0.29) is 0 Å². The lowest BCUT2D eigenvalue weighted by molar-refractivity contribution is 0.104. The molecule has 96 valence electrons. The Morgan fingerprint density at radius 2 is 1.94 bits per heavy atom. The van der Waals surface area contributed by atoms with Gasteiger partial charge >= 0.3 is 0 Å². The average molecular weight is 226 g/mol. The Labute approximate surface area is 102 Å². The number of nitrogens with zero attached hydrogens (tertiary/aromatic N) is 1. The molecule has 0 aromatic heterocycles. The van der Waals surface area contributed by atoms with Gasteiger partial charge in [0.15, 0.2) is 0 Å². The van der Waals surface area contributed by atoms with Gasteiger partial charge in [-0.05, 0) is 24.7 Å². The fourth-order valence-electron chi connectivity index (χ4n) is 3.03. The van der Waals surface area contributed by atoms with Crippen molar-refractivity contribution in [1.82, 2.24) is 10.2 Å². The van der Waals surface area contributed by atoms with Crippen molar-refractivity contribution in [3.05, 3.63) is 0 Å². The minimum absolute atomic E-state index is 0.710. The van der Waals surface area contributed by atoms with E-state index in [0.717, 1.165) is 17.9 Å². The molecule has 2 nitrogen and oxygen atoms in total. The molecule has 0 radical (unpaired) electrons. The van der Waals surface area contributed by atoms with E-state index >= 15 is 0 Å². The zero-order valence-corrected chi connectivity index (χ0v) is 11.8. The highest BCUT2D eigenvalue weighted by Crippen LogP contribution is 2.18. The molecule has 1 fully saturated rings. The van der Waals surface area contributed by atoms with Crippen LogP contribution >= 0.6 is 0 Å².